The van der Waals surface area contributed by atoms with Crippen LogP contribution in [0, 0.1) is 0 Å². The van der Waals surface area contributed by atoms with Crippen molar-refractivity contribution in [3.05, 3.63) is 35.9 Å². The average Bonchev–Trinajstić information content (AvgIpc) is 2.29. The highest BCUT2D eigenvalue weighted by Crippen LogP contribution is 2.16. The Morgan fingerprint density at radius 2 is 1.87 bits per heavy atom. The highest BCUT2D eigenvalue weighted by atomic mass is 16.5. The van der Waals surface area contributed by atoms with Crippen molar-refractivity contribution in [3.63, 3.8) is 0 Å². The van der Waals surface area contributed by atoms with E-state index in [4.69, 9.17) is 4.74 Å². The fraction of sp³-hybridized carbons (Fsp3) is 0.182. The minimum absolute atomic E-state index is 0.135. The Bertz CT molecular complexity index is 365. The molecule has 0 radical (unpaired) electrons. The van der Waals surface area contributed by atoms with Crippen LogP contribution < -0.4 is 4.74 Å². The monoisotopic (exact) mass is 208 g/mol. The maximum atomic E-state index is 10.8. The molecule has 0 aliphatic carbocycles. The number of hydrogen-bond acceptors (Lipinski definition) is 4. The number of esters is 1. The van der Waals surface area contributed by atoms with Crippen LogP contribution >= 0.6 is 0 Å². The second-order valence-corrected chi connectivity index (χ2v) is 2.78. The predicted octanol–water partition coefficient (Wildman–Crippen LogP) is 1.77. The zero-order valence-corrected chi connectivity index (χ0v) is 8.56. The van der Waals surface area contributed by atoms with Crippen LogP contribution in [-0.4, -0.2) is 25.3 Å². The van der Waals surface area contributed by atoms with E-state index in [1.54, 1.807) is 31.4 Å². The first-order valence-electron chi connectivity index (χ1n) is 4.30. The second-order valence-electron chi connectivity index (χ2n) is 2.78. The summed E-state index contributed by atoms with van der Waals surface area (Å²) >= 11 is 0. The summed E-state index contributed by atoms with van der Waals surface area (Å²) in [5.41, 5.74) is 0.529. The van der Waals surface area contributed by atoms with Crippen LogP contribution in [0.4, 0.5) is 0 Å². The van der Waals surface area contributed by atoms with Gasteiger partial charge in [0.15, 0.2) is 0 Å². The minimum Gasteiger partial charge on any atom is -0.507 e. The Kier molecular flexibility index (Phi) is 3.74. The maximum absolute atomic E-state index is 10.8. The molecule has 15 heavy (non-hydrogen) atoms. The van der Waals surface area contributed by atoms with Crippen molar-refractivity contribution < 1.29 is 19.4 Å². The molecular formula is C11H12O4. The average molecular weight is 208 g/mol. The summed E-state index contributed by atoms with van der Waals surface area (Å²) in [6.07, 6.45) is 1.02. The Labute approximate surface area is 87.7 Å². The van der Waals surface area contributed by atoms with Gasteiger partial charge in [0.05, 0.1) is 20.3 Å². The van der Waals surface area contributed by atoms with E-state index < -0.39 is 5.97 Å². The molecule has 0 aromatic heterocycles. The molecule has 1 N–H and O–H groups in total. The standard InChI is InChI=1S/C11H12O4/c1-14-9-5-3-8(4-6-9)10(12)7-11(13)15-2/h3-7,12H,1-2H3/b10-7-. The van der Waals surface area contributed by atoms with Crippen LogP contribution in [-0.2, 0) is 9.53 Å². The highest BCUT2D eigenvalue weighted by Gasteiger charge is 2.02. The lowest BCUT2D eigenvalue weighted by Crippen LogP contribution is -1.96. The van der Waals surface area contributed by atoms with Gasteiger partial charge in [0, 0.05) is 5.56 Å². The smallest absolute Gasteiger partial charge is 0.334 e. The van der Waals surface area contributed by atoms with Gasteiger partial charge >= 0.3 is 5.97 Å². The van der Waals surface area contributed by atoms with Crippen molar-refractivity contribution in [1.29, 1.82) is 0 Å². The Balaban J connectivity index is 2.87. The van der Waals surface area contributed by atoms with Crippen LogP contribution in [0.25, 0.3) is 5.76 Å². The van der Waals surface area contributed by atoms with Crippen LogP contribution in [0.3, 0.4) is 0 Å². The first kappa shape index (κ1) is 11.1. The van der Waals surface area contributed by atoms with Crippen LogP contribution in [0.2, 0.25) is 0 Å². The molecule has 80 valence electrons. The van der Waals surface area contributed by atoms with Gasteiger partial charge < -0.3 is 14.6 Å². The first-order valence-corrected chi connectivity index (χ1v) is 4.30. The lowest BCUT2D eigenvalue weighted by atomic mass is 10.2. The molecule has 0 bridgehead atoms. The number of benzene rings is 1. The van der Waals surface area contributed by atoms with Crippen molar-refractivity contribution in [3.8, 4) is 5.75 Å². The van der Waals surface area contributed by atoms with Gasteiger partial charge in [-0.3, -0.25) is 0 Å². The van der Waals surface area contributed by atoms with Gasteiger partial charge in [-0.2, -0.15) is 0 Å². The molecule has 0 heterocycles. The number of carbonyl (C=O) groups is 1. The van der Waals surface area contributed by atoms with E-state index in [9.17, 15) is 9.90 Å². The zero-order chi connectivity index (χ0) is 11.3. The quantitative estimate of drug-likeness (QED) is 0.467. The third-order valence-corrected chi connectivity index (χ3v) is 1.84. The molecule has 4 nitrogen and oxygen atoms in total. The Hall–Kier alpha value is -1.97. The van der Waals surface area contributed by atoms with E-state index >= 15 is 0 Å². The van der Waals surface area contributed by atoms with Gasteiger partial charge in [-0.15, -0.1) is 0 Å². The molecule has 0 spiro atoms. The van der Waals surface area contributed by atoms with Crippen molar-refractivity contribution in [2.24, 2.45) is 0 Å². The third-order valence-electron chi connectivity index (χ3n) is 1.84. The number of carbonyl (C=O) groups excluding carboxylic acids is 1. The summed E-state index contributed by atoms with van der Waals surface area (Å²) in [5, 5.41) is 9.51. The van der Waals surface area contributed by atoms with Gasteiger partial charge in [-0.05, 0) is 24.3 Å². The Morgan fingerprint density at radius 1 is 1.27 bits per heavy atom. The molecule has 0 fully saturated rings. The number of rotatable bonds is 3. The molecule has 4 heteroatoms. The summed E-state index contributed by atoms with van der Waals surface area (Å²) in [7, 11) is 2.80. The van der Waals surface area contributed by atoms with Gasteiger partial charge in [0.1, 0.15) is 11.5 Å². The number of aliphatic hydroxyl groups excluding tert-OH is 1. The topological polar surface area (TPSA) is 55.8 Å². The van der Waals surface area contributed by atoms with E-state index in [2.05, 4.69) is 4.74 Å². The van der Waals surface area contributed by atoms with Crippen LogP contribution in [0.15, 0.2) is 30.3 Å². The predicted molar refractivity (Wildman–Crippen MR) is 55.6 cm³/mol. The Morgan fingerprint density at radius 3 is 2.33 bits per heavy atom. The summed E-state index contributed by atoms with van der Waals surface area (Å²) in [6, 6.07) is 6.68. The molecule has 0 unspecified atom stereocenters. The lowest BCUT2D eigenvalue weighted by Gasteiger charge is -2.02. The number of methoxy groups -OCH3 is 2. The van der Waals surface area contributed by atoms with Gasteiger partial charge in [-0.25, -0.2) is 4.79 Å². The molecular weight excluding hydrogens is 196 g/mol. The van der Waals surface area contributed by atoms with Gasteiger partial charge in [0.25, 0.3) is 0 Å². The largest absolute Gasteiger partial charge is 0.507 e. The van der Waals surface area contributed by atoms with E-state index in [0.29, 0.717) is 11.3 Å². The molecule has 0 amide bonds. The van der Waals surface area contributed by atoms with Crippen molar-refractivity contribution in [2.45, 2.75) is 0 Å². The summed E-state index contributed by atoms with van der Waals surface area (Å²) < 4.78 is 9.35. The number of hydrogen-bond donors (Lipinski definition) is 1. The van der Waals surface area contributed by atoms with Crippen molar-refractivity contribution >= 4 is 11.7 Å². The SMILES string of the molecule is COC(=O)/C=C(\O)c1ccc(OC)cc1. The van der Waals surface area contributed by atoms with E-state index in [-0.39, 0.29) is 5.76 Å². The fourth-order valence-electron chi connectivity index (χ4n) is 1.02. The molecule has 0 saturated carbocycles. The second kappa shape index (κ2) is 5.05. The van der Waals surface area contributed by atoms with E-state index in [1.807, 2.05) is 0 Å². The van der Waals surface area contributed by atoms with Gasteiger partial charge in [0.2, 0.25) is 0 Å². The summed E-state index contributed by atoms with van der Waals surface area (Å²) in [6.45, 7) is 0. The lowest BCUT2D eigenvalue weighted by molar-refractivity contribution is -0.134. The maximum Gasteiger partial charge on any atom is 0.334 e. The summed E-state index contributed by atoms with van der Waals surface area (Å²) in [4.78, 5) is 10.8. The minimum atomic E-state index is -0.594. The molecule has 0 aliphatic heterocycles. The number of ether oxygens (including phenoxy) is 2. The highest BCUT2D eigenvalue weighted by molar-refractivity contribution is 5.89. The van der Waals surface area contributed by atoms with Crippen LogP contribution in [0.5, 0.6) is 5.75 Å². The fourth-order valence-corrected chi connectivity index (χ4v) is 1.02. The number of aliphatic hydroxyl groups is 1. The summed E-state index contributed by atoms with van der Waals surface area (Å²) in [5.74, 6) is -0.0440. The third kappa shape index (κ3) is 3.02. The molecule has 0 aliphatic rings. The van der Waals surface area contributed by atoms with Gasteiger partial charge in [-0.1, -0.05) is 0 Å². The van der Waals surface area contributed by atoms with Crippen molar-refractivity contribution in [1.82, 2.24) is 0 Å². The van der Waals surface area contributed by atoms with E-state index in [1.165, 1.54) is 7.11 Å². The normalized spacial score (nSPS) is 10.9. The van der Waals surface area contributed by atoms with Crippen molar-refractivity contribution in [2.75, 3.05) is 14.2 Å². The molecule has 1 rings (SSSR count). The first-order chi connectivity index (χ1) is 7.17. The van der Waals surface area contributed by atoms with E-state index in [0.717, 1.165) is 6.08 Å². The van der Waals surface area contributed by atoms with Crippen LogP contribution in [0.1, 0.15) is 5.56 Å². The molecule has 1 aromatic rings. The zero-order valence-electron chi connectivity index (χ0n) is 8.56. The molecule has 0 atom stereocenters. The molecule has 1 aromatic carbocycles. The molecule has 0 saturated heterocycles.